The molecule has 1 saturated heterocycles. The summed E-state index contributed by atoms with van der Waals surface area (Å²) < 4.78 is 5.26. The van der Waals surface area contributed by atoms with Crippen molar-refractivity contribution in [3.05, 3.63) is 51.9 Å². The van der Waals surface area contributed by atoms with Crippen LogP contribution in [-0.4, -0.2) is 35.4 Å². The minimum atomic E-state index is -0.646. The molecule has 1 atom stereocenters. The number of nitrogens with one attached hydrogen (secondary N) is 2. The normalized spacial score (nSPS) is 18.6. The van der Waals surface area contributed by atoms with E-state index in [0.717, 1.165) is 41.7 Å². The van der Waals surface area contributed by atoms with Crippen LogP contribution in [0.3, 0.4) is 0 Å². The zero-order chi connectivity index (χ0) is 21.1. The second-order valence-corrected chi connectivity index (χ2v) is 8.60. The number of carbonyl (C=O) groups excluding carboxylic acids is 3. The Morgan fingerprint density at radius 1 is 1.23 bits per heavy atom. The number of nitrogens with zero attached hydrogens (tertiary/aromatic N) is 1. The lowest BCUT2D eigenvalue weighted by molar-refractivity contribution is -0.121. The average Bonchev–Trinajstić information content (AvgIpc) is 3.28. The third kappa shape index (κ3) is 4.24. The summed E-state index contributed by atoms with van der Waals surface area (Å²) in [7, 11) is 0. The Hall–Kier alpha value is -2.71. The van der Waals surface area contributed by atoms with Crippen molar-refractivity contribution in [1.29, 1.82) is 0 Å². The standard InChI is InChI=1S/C22H25N3O4S/c1-2-29-22(28)19-15-10-6-7-11-17(15)30-21(19)23-20(27)16-12-18(26)24-25(16)13-14-8-4-3-5-9-14/h3-5,8-9,16H,2,6-7,10-13H2,1H3,(H,23,27)(H,24,26). The molecule has 2 heterocycles. The van der Waals surface area contributed by atoms with Gasteiger partial charge >= 0.3 is 5.97 Å². The quantitative estimate of drug-likeness (QED) is 0.692. The summed E-state index contributed by atoms with van der Waals surface area (Å²) >= 11 is 1.45. The molecule has 158 valence electrons. The Kier molecular flexibility index (Phi) is 6.15. The third-order valence-electron chi connectivity index (χ3n) is 5.41. The van der Waals surface area contributed by atoms with Gasteiger partial charge in [0.15, 0.2) is 0 Å². The monoisotopic (exact) mass is 427 g/mol. The van der Waals surface area contributed by atoms with Crippen LogP contribution in [0, 0.1) is 0 Å². The number of hydrogen-bond donors (Lipinski definition) is 2. The number of carbonyl (C=O) groups is 3. The minimum absolute atomic E-state index is 0.0818. The maximum atomic E-state index is 13.1. The highest BCUT2D eigenvalue weighted by Crippen LogP contribution is 2.39. The lowest BCUT2D eigenvalue weighted by atomic mass is 9.95. The molecule has 2 aliphatic rings. The fourth-order valence-corrected chi connectivity index (χ4v) is 5.28. The van der Waals surface area contributed by atoms with E-state index in [1.807, 2.05) is 30.3 Å². The van der Waals surface area contributed by atoms with Gasteiger partial charge in [-0.15, -0.1) is 11.3 Å². The summed E-state index contributed by atoms with van der Waals surface area (Å²) in [5.74, 6) is -0.885. The van der Waals surface area contributed by atoms with Gasteiger partial charge in [0.05, 0.1) is 18.6 Å². The van der Waals surface area contributed by atoms with Gasteiger partial charge in [-0.1, -0.05) is 30.3 Å². The van der Waals surface area contributed by atoms with Gasteiger partial charge < -0.3 is 10.1 Å². The SMILES string of the molecule is CCOC(=O)c1c(NC(=O)C2CC(=O)NN2Cc2ccccc2)sc2c1CCCC2. The Balaban J connectivity index is 1.56. The van der Waals surface area contributed by atoms with E-state index in [1.165, 1.54) is 11.3 Å². The molecule has 7 nitrogen and oxygen atoms in total. The van der Waals surface area contributed by atoms with Gasteiger partial charge in [-0.05, 0) is 43.7 Å². The van der Waals surface area contributed by atoms with E-state index in [1.54, 1.807) is 11.9 Å². The molecule has 4 rings (SSSR count). The molecule has 1 aromatic heterocycles. The molecule has 2 aromatic rings. The molecular formula is C22H25N3O4S. The fourth-order valence-electron chi connectivity index (χ4n) is 4.00. The number of rotatable bonds is 6. The van der Waals surface area contributed by atoms with Crippen molar-refractivity contribution >= 4 is 34.1 Å². The maximum Gasteiger partial charge on any atom is 0.341 e. The molecule has 0 radical (unpaired) electrons. The Bertz CT molecular complexity index is 957. The highest BCUT2D eigenvalue weighted by Gasteiger charge is 2.37. The molecule has 1 aliphatic heterocycles. The summed E-state index contributed by atoms with van der Waals surface area (Å²) in [4.78, 5) is 38.9. The first-order chi connectivity index (χ1) is 14.6. The lowest BCUT2D eigenvalue weighted by Gasteiger charge is -2.22. The molecule has 1 aromatic carbocycles. The summed E-state index contributed by atoms with van der Waals surface area (Å²) in [6.07, 6.45) is 3.91. The van der Waals surface area contributed by atoms with Gasteiger partial charge in [-0.3, -0.25) is 15.0 Å². The Labute approximate surface area is 179 Å². The van der Waals surface area contributed by atoms with E-state index in [4.69, 9.17) is 4.74 Å². The summed E-state index contributed by atoms with van der Waals surface area (Å²) in [6, 6.07) is 9.02. The zero-order valence-electron chi connectivity index (χ0n) is 16.9. The highest BCUT2D eigenvalue weighted by molar-refractivity contribution is 7.17. The van der Waals surface area contributed by atoms with Crippen molar-refractivity contribution < 1.29 is 19.1 Å². The molecule has 1 unspecified atom stereocenters. The van der Waals surface area contributed by atoms with Crippen molar-refractivity contribution in [2.75, 3.05) is 11.9 Å². The van der Waals surface area contributed by atoms with Crippen LogP contribution in [0.2, 0.25) is 0 Å². The van der Waals surface area contributed by atoms with E-state index in [-0.39, 0.29) is 24.8 Å². The largest absolute Gasteiger partial charge is 0.462 e. The van der Waals surface area contributed by atoms with Crippen molar-refractivity contribution in [2.45, 2.75) is 51.6 Å². The predicted molar refractivity (Wildman–Crippen MR) is 114 cm³/mol. The average molecular weight is 428 g/mol. The highest BCUT2D eigenvalue weighted by atomic mass is 32.1. The number of aryl methyl sites for hydroxylation is 1. The smallest absolute Gasteiger partial charge is 0.341 e. The second-order valence-electron chi connectivity index (χ2n) is 7.49. The molecule has 0 spiro atoms. The van der Waals surface area contributed by atoms with Gasteiger partial charge in [-0.25, -0.2) is 9.80 Å². The molecule has 2 N–H and O–H groups in total. The Morgan fingerprint density at radius 3 is 2.77 bits per heavy atom. The number of esters is 1. The minimum Gasteiger partial charge on any atom is -0.462 e. The first-order valence-corrected chi connectivity index (χ1v) is 11.1. The second kappa shape index (κ2) is 8.97. The summed E-state index contributed by atoms with van der Waals surface area (Å²) in [5.41, 5.74) is 5.25. The van der Waals surface area contributed by atoms with Crippen LogP contribution in [-0.2, 0) is 33.7 Å². The van der Waals surface area contributed by atoms with E-state index in [2.05, 4.69) is 10.7 Å². The molecule has 1 aliphatic carbocycles. The van der Waals surface area contributed by atoms with Crippen LogP contribution < -0.4 is 10.7 Å². The van der Waals surface area contributed by atoms with Crippen LogP contribution in [0.15, 0.2) is 30.3 Å². The number of fused-ring (bicyclic) bond motifs is 1. The van der Waals surface area contributed by atoms with Gasteiger partial charge in [0, 0.05) is 11.4 Å². The van der Waals surface area contributed by atoms with Gasteiger partial charge in [0.1, 0.15) is 11.0 Å². The maximum absolute atomic E-state index is 13.1. The summed E-state index contributed by atoms with van der Waals surface area (Å²) in [6.45, 7) is 2.48. The van der Waals surface area contributed by atoms with E-state index in [0.29, 0.717) is 17.1 Å². The molecule has 1 fully saturated rings. The van der Waals surface area contributed by atoms with E-state index < -0.39 is 12.0 Å². The molecule has 8 heteroatoms. The number of amides is 2. The van der Waals surface area contributed by atoms with Crippen LogP contribution in [0.1, 0.15) is 52.5 Å². The molecular weight excluding hydrogens is 402 g/mol. The Morgan fingerprint density at radius 2 is 2.00 bits per heavy atom. The van der Waals surface area contributed by atoms with Gasteiger partial charge in [0.25, 0.3) is 0 Å². The van der Waals surface area contributed by atoms with Crippen molar-refractivity contribution in [1.82, 2.24) is 10.4 Å². The van der Waals surface area contributed by atoms with Crippen LogP contribution in [0.4, 0.5) is 5.00 Å². The van der Waals surface area contributed by atoms with Crippen LogP contribution in [0.25, 0.3) is 0 Å². The first kappa shape index (κ1) is 20.6. The lowest BCUT2D eigenvalue weighted by Crippen LogP contribution is -2.43. The van der Waals surface area contributed by atoms with E-state index in [9.17, 15) is 14.4 Å². The van der Waals surface area contributed by atoms with Gasteiger partial charge in [-0.2, -0.15) is 0 Å². The zero-order valence-corrected chi connectivity index (χ0v) is 17.7. The number of benzene rings is 1. The first-order valence-electron chi connectivity index (χ1n) is 10.3. The number of ether oxygens (including phenoxy) is 1. The number of thiophene rings is 1. The molecule has 2 amide bonds. The molecule has 0 saturated carbocycles. The number of anilines is 1. The van der Waals surface area contributed by atoms with Crippen LogP contribution in [0.5, 0.6) is 0 Å². The molecule has 30 heavy (non-hydrogen) atoms. The third-order valence-corrected chi connectivity index (χ3v) is 6.62. The fraction of sp³-hybridized carbons (Fsp3) is 0.409. The number of hydrogen-bond acceptors (Lipinski definition) is 6. The topological polar surface area (TPSA) is 87.7 Å². The van der Waals surface area contributed by atoms with Crippen molar-refractivity contribution in [3.8, 4) is 0 Å². The van der Waals surface area contributed by atoms with Crippen molar-refractivity contribution in [3.63, 3.8) is 0 Å². The van der Waals surface area contributed by atoms with Crippen molar-refractivity contribution in [2.24, 2.45) is 0 Å². The van der Waals surface area contributed by atoms with Gasteiger partial charge in [0.2, 0.25) is 11.8 Å². The molecule has 0 bridgehead atoms. The summed E-state index contributed by atoms with van der Waals surface area (Å²) in [5, 5.41) is 5.12. The van der Waals surface area contributed by atoms with E-state index >= 15 is 0 Å². The number of hydrazine groups is 1. The predicted octanol–water partition coefficient (Wildman–Crippen LogP) is 3.05. The van der Waals surface area contributed by atoms with Crippen LogP contribution >= 0.6 is 11.3 Å².